The van der Waals surface area contributed by atoms with E-state index < -0.39 is 5.97 Å². The summed E-state index contributed by atoms with van der Waals surface area (Å²) in [6.45, 7) is 7.84. The number of carboxylic acids is 1. The molecule has 1 aliphatic rings. The van der Waals surface area contributed by atoms with Gasteiger partial charge in [0, 0.05) is 41.1 Å². The number of hydrogen-bond donors (Lipinski definition) is 3. The molecule has 5 rings (SSSR count). The van der Waals surface area contributed by atoms with Crippen LogP contribution in [-0.4, -0.2) is 31.6 Å². The summed E-state index contributed by atoms with van der Waals surface area (Å²) in [6, 6.07) is 20.4. The topological polar surface area (TPSA) is 99.5 Å². The van der Waals surface area contributed by atoms with Gasteiger partial charge in [-0.2, -0.15) is 0 Å². The number of amides is 1. The lowest BCUT2D eigenvalue weighted by Gasteiger charge is -2.29. The van der Waals surface area contributed by atoms with E-state index >= 15 is 0 Å². The molecule has 1 amide bonds. The Morgan fingerprint density at radius 1 is 1.02 bits per heavy atom. The van der Waals surface area contributed by atoms with Crippen LogP contribution in [0.2, 0.25) is 0 Å². The zero-order valence-corrected chi connectivity index (χ0v) is 23.6. The normalized spacial score (nSPS) is 16.6. The number of thiocarbonyl (C=S) groups is 1. The van der Waals surface area contributed by atoms with Crippen LogP contribution in [0.25, 0.3) is 5.69 Å². The van der Waals surface area contributed by atoms with E-state index in [0.29, 0.717) is 11.5 Å². The standard InChI is InChI=1S/C31H31N5O3S/c1-5-27(37)33-25-13-12-23(15-18(25)2)36-29(28(34-31(36)40)26-11-6-7-14-32-26)24-16-19(3)35(20(24)4)22-10-8-9-21(17-22)30(38)39/h6-17,28-29H,5H2,1-4H3,(H,33,37)(H,34,40)(H,38,39)/t28-,29+/m0/s1. The van der Waals surface area contributed by atoms with Crippen molar-refractivity contribution in [2.45, 2.75) is 46.2 Å². The third-order valence-corrected chi connectivity index (χ3v) is 7.64. The Bertz CT molecular complexity index is 1610. The van der Waals surface area contributed by atoms with Crippen molar-refractivity contribution in [2.75, 3.05) is 10.2 Å². The monoisotopic (exact) mass is 553 g/mol. The third-order valence-electron chi connectivity index (χ3n) is 7.32. The van der Waals surface area contributed by atoms with Crippen LogP contribution in [0.4, 0.5) is 11.4 Å². The molecule has 0 unspecified atom stereocenters. The second-order valence-corrected chi connectivity index (χ2v) is 10.3. The zero-order valence-electron chi connectivity index (χ0n) is 22.8. The molecule has 1 saturated heterocycles. The molecule has 4 aromatic rings. The van der Waals surface area contributed by atoms with E-state index in [1.165, 1.54) is 0 Å². The lowest BCUT2D eigenvalue weighted by molar-refractivity contribution is -0.115. The molecule has 3 heterocycles. The van der Waals surface area contributed by atoms with Crippen molar-refractivity contribution < 1.29 is 14.7 Å². The Kier molecular flexibility index (Phi) is 7.40. The summed E-state index contributed by atoms with van der Waals surface area (Å²) in [5, 5.41) is 16.6. The van der Waals surface area contributed by atoms with E-state index in [0.717, 1.165) is 45.3 Å². The predicted octanol–water partition coefficient (Wildman–Crippen LogP) is 6.02. The molecule has 8 nitrogen and oxygen atoms in total. The first-order valence-electron chi connectivity index (χ1n) is 13.1. The maximum Gasteiger partial charge on any atom is 0.335 e. The fraction of sp³-hybridized carbons (Fsp3) is 0.226. The summed E-state index contributed by atoms with van der Waals surface area (Å²) in [5.74, 6) is -1.01. The van der Waals surface area contributed by atoms with Crippen LogP contribution in [0, 0.1) is 20.8 Å². The number of aromatic carboxylic acids is 1. The first-order chi connectivity index (χ1) is 19.2. The first-order valence-corrected chi connectivity index (χ1v) is 13.5. The van der Waals surface area contributed by atoms with E-state index in [1.807, 2.05) is 70.2 Å². The second kappa shape index (κ2) is 10.9. The molecule has 0 spiro atoms. The van der Waals surface area contributed by atoms with E-state index in [1.54, 1.807) is 24.4 Å². The highest BCUT2D eigenvalue weighted by atomic mass is 32.1. The average molecular weight is 554 g/mol. The first kappa shape index (κ1) is 27.1. The molecule has 204 valence electrons. The number of nitrogens with zero attached hydrogens (tertiary/aromatic N) is 3. The summed E-state index contributed by atoms with van der Waals surface area (Å²) in [4.78, 5) is 30.4. The number of carbonyl (C=O) groups excluding carboxylic acids is 1. The summed E-state index contributed by atoms with van der Waals surface area (Å²) >= 11 is 5.91. The molecule has 2 aromatic heterocycles. The van der Waals surface area contributed by atoms with Gasteiger partial charge in [-0.25, -0.2) is 4.79 Å². The Balaban J connectivity index is 1.64. The van der Waals surface area contributed by atoms with Crippen molar-refractivity contribution >= 4 is 40.6 Å². The smallest absolute Gasteiger partial charge is 0.335 e. The van der Waals surface area contributed by atoms with Gasteiger partial charge in [0.2, 0.25) is 5.91 Å². The van der Waals surface area contributed by atoms with Gasteiger partial charge < -0.3 is 25.2 Å². The highest BCUT2D eigenvalue weighted by Crippen LogP contribution is 2.44. The largest absolute Gasteiger partial charge is 0.478 e. The Morgan fingerprint density at radius 3 is 2.50 bits per heavy atom. The number of nitrogens with one attached hydrogen (secondary N) is 2. The highest BCUT2D eigenvalue weighted by Gasteiger charge is 2.42. The van der Waals surface area contributed by atoms with Crippen LogP contribution in [0.15, 0.2) is 72.9 Å². The molecule has 2 aromatic carbocycles. The predicted molar refractivity (Wildman–Crippen MR) is 160 cm³/mol. The van der Waals surface area contributed by atoms with Crippen molar-refractivity contribution in [1.29, 1.82) is 0 Å². The molecule has 9 heteroatoms. The van der Waals surface area contributed by atoms with Crippen molar-refractivity contribution in [2.24, 2.45) is 0 Å². The SMILES string of the molecule is CCC(=O)Nc1ccc(N2C(=S)N[C@@H](c3ccccn3)[C@H]2c2cc(C)n(-c3cccc(C(=O)O)c3)c2C)cc1C. The molecule has 2 atom stereocenters. The number of aromatic nitrogens is 2. The number of benzene rings is 2. The molecule has 0 saturated carbocycles. The van der Waals surface area contributed by atoms with Crippen molar-refractivity contribution in [3.63, 3.8) is 0 Å². The Hall–Kier alpha value is -4.50. The quantitative estimate of drug-likeness (QED) is 0.241. The van der Waals surface area contributed by atoms with Crippen LogP contribution in [0.1, 0.15) is 64.0 Å². The molecule has 3 N–H and O–H groups in total. The fourth-order valence-electron chi connectivity index (χ4n) is 5.39. The Morgan fingerprint density at radius 2 is 1.82 bits per heavy atom. The number of carbonyl (C=O) groups is 2. The minimum absolute atomic E-state index is 0.0401. The molecular formula is C31H31N5O3S. The van der Waals surface area contributed by atoms with Crippen LogP contribution in [0.5, 0.6) is 0 Å². The van der Waals surface area contributed by atoms with Gasteiger partial charge in [0.05, 0.1) is 23.3 Å². The van der Waals surface area contributed by atoms with E-state index in [2.05, 4.69) is 31.2 Å². The number of rotatable bonds is 7. The van der Waals surface area contributed by atoms with Crippen LogP contribution in [0.3, 0.4) is 0 Å². The maximum atomic E-state index is 12.0. The lowest BCUT2D eigenvalue weighted by Crippen LogP contribution is -2.29. The summed E-state index contributed by atoms with van der Waals surface area (Å²) in [6.07, 6.45) is 2.18. The van der Waals surface area contributed by atoms with E-state index in [-0.39, 0.29) is 23.6 Å². The minimum atomic E-state index is -0.967. The molecule has 1 fully saturated rings. The number of anilines is 2. The van der Waals surface area contributed by atoms with Crippen LogP contribution >= 0.6 is 12.2 Å². The van der Waals surface area contributed by atoms with Crippen molar-refractivity contribution in [1.82, 2.24) is 14.9 Å². The number of pyridine rings is 1. The van der Waals surface area contributed by atoms with Crippen LogP contribution < -0.4 is 15.5 Å². The fourth-order valence-corrected chi connectivity index (χ4v) is 5.73. The molecule has 1 aliphatic heterocycles. The van der Waals surface area contributed by atoms with Crippen LogP contribution in [-0.2, 0) is 4.79 Å². The Labute approximate surface area is 238 Å². The van der Waals surface area contributed by atoms with E-state index in [4.69, 9.17) is 12.2 Å². The van der Waals surface area contributed by atoms with Crippen molar-refractivity contribution in [3.05, 3.63) is 107 Å². The maximum absolute atomic E-state index is 12.0. The van der Waals surface area contributed by atoms with Gasteiger partial charge in [0.1, 0.15) is 0 Å². The van der Waals surface area contributed by atoms with Gasteiger partial charge in [-0.05, 0) is 98.7 Å². The van der Waals surface area contributed by atoms with Gasteiger partial charge in [-0.1, -0.05) is 19.1 Å². The summed E-state index contributed by atoms with van der Waals surface area (Å²) in [7, 11) is 0. The number of carboxylic acid groups (broad SMARTS) is 1. The summed E-state index contributed by atoms with van der Waals surface area (Å²) in [5.41, 5.74) is 7.45. The van der Waals surface area contributed by atoms with Gasteiger partial charge >= 0.3 is 5.97 Å². The molecule has 0 bridgehead atoms. The zero-order chi connectivity index (χ0) is 28.6. The van der Waals surface area contributed by atoms with Gasteiger partial charge in [0.25, 0.3) is 0 Å². The van der Waals surface area contributed by atoms with Gasteiger partial charge in [-0.15, -0.1) is 0 Å². The molecule has 40 heavy (non-hydrogen) atoms. The molecule has 0 radical (unpaired) electrons. The second-order valence-electron chi connectivity index (χ2n) is 9.91. The lowest BCUT2D eigenvalue weighted by atomic mass is 9.96. The van der Waals surface area contributed by atoms with Gasteiger partial charge in [-0.3, -0.25) is 9.78 Å². The van der Waals surface area contributed by atoms with E-state index in [9.17, 15) is 14.7 Å². The van der Waals surface area contributed by atoms with Crippen molar-refractivity contribution in [3.8, 4) is 5.69 Å². The summed E-state index contributed by atoms with van der Waals surface area (Å²) < 4.78 is 2.07. The average Bonchev–Trinajstić information content (AvgIpc) is 3.44. The minimum Gasteiger partial charge on any atom is -0.478 e. The number of aryl methyl sites for hydroxylation is 2. The molecule has 0 aliphatic carbocycles. The number of hydrogen-bond acceptors (Lipinski definition) is 4. The molecular weight excluding hydrogens is 522 g/mol. The third kappa shape index (κ3) is 4.96. The highest BCUT2D eigenvalue weighted by molar-refractivity contribution is 7.80. The van der Waals surface area contributed by atoms with Gasteiger partial charge in [0.15, 0.2) is 5.11 Å².